The first kappa shape index (κ1) is 24.2. The molecule has 10 nitrogen and oxygen atoms in total. The first-order valence-electron chi connectivity index (χ1n) is 8.02. The number of hydrogen-bond donors (Lipinski definition) is 2. The van der Waals surface area contributed by atoms with Crippen LogP contribution in [0.3, 0.4) is 0 Å². The normalized spacial score (nSPS) is 12.7. The third-order valence-corrected chi connectivity index (χ3v) is 4.31. The minimum atomic E-state index is -5.04. The second-order valence-electron chi connectivity index (χ2n) is 5.75. The molecule has 1 aromatic heterocycles. The summed E-state index contributed by atoms with van der Waals surface area (Å²) in [5, 5.41) is 2.28. The molecule has 0 saturated heterocycles. The van der Waals surface area contributed by atoms with Crippen molar-refractivity contribution >= 4 is 36.7 Å². The van der Waals surface area contributed by atoms with E-state index in [-0.39, 0.29) is 57.9 Å². The van der Waals surface area contributed by atoms with E-state index in [1.54, 1.807) is 0 Å². The number of benzene rings is 2. The van der Waals surface area contributed by atoms with E-state index >= 15 is 0 Å². The van der Waals surface area contributed by atoms with Crippen LogP contribution in [0.4, 0.5) is 15.1 Å². The molecule has 0 aliphatic carbocycles. The van der Waals surface area contributed by atoms with Crippen LogP contribution in [0, 0.1) is 5.82 Å². The van der Waals surface area contributed by atoms with Crippen molar-refractivity contribution in [1.82, 2.24) is 9.55 Å². The van der Waals surface area contributed by atoms with E-state index in [0.29, 0.717) is 5.52 Å². The number of ether oxygens (including phenoxy) is 1. The Morgan fingerprint density at radius 3 is 2.47 bits per heavy atom. The van der Waals surface area contributed by atoms with Gasteiger partial charge in [-0.2, -0.15) is 0 Å². The van der Waals surface area contributed by atoms with Crippen LogP contribution < -0.4 is 39.8 Å². The summed E-state index contributed by atoms with van der Waals surface area (Å²) >= 11 is 0. The Labute approximate surface area is 191 Å². The van der Waals surface area contributed by atoms with Gasteiger partial charge in [-0.05, 0) is 42.5 Å². The van der Waals surface area contributed by atoms with Crippen LogP contribution in [0.1, 0.15) is 15.9 Å². The molecule has 0 saturated carbocycles. The van der Waals surface area contributed by atoms with Gasteiger partial charge in [0.05, 0.1) is 18.1 Å². The van der Waals surface area contributed by atoms with Crippen molar-refractivity contribution < 1.29 is 67.1 Å². The van der Waals surface area contributed by atoms with E-state index in [9.17, 15) is 23.4 Å². The summed E-state index contributed by atoms with van der Waals surface area (Å²) in [6.45, 7) is -0.682. The van der Waals surface area contributed by atoms with E-state index in [0.717, 1.165) is 23.8 Å². The monoisotopic (exact) mass is 445 g/mol. The summed E-state index contributed by atoms with van der Waals surface area (Å²) < 4.78 is 34.0. The van der Waals surface area contributed by atoms with Crippen molar-refractivity contribution in [3.05, 3.63) is 59.4 Å². The molecule has 0 aliphatic heterocycles. The Balaban J connectivity index is 0.00000320. The minimum Gasteiger partial charge on any atom is -0.756 e. The Morgan fingerprint density at radius 1 is 1.23 bits per heavy atom. The van der Waals surface area contributed by atoms with Crippen molar-refractivity contribution in [1.29, 1.82) is 0 Å². The second-order valence-corrected chi connectivity index (χ2v) is 6.94. The number of imidazole rings is 1. The molecular formula is C17H14FN3NaO7P. The predicted octanol–water partition coefficient (Wildman–Crippen LogP) is -0.976. The number of carbonyl (C=O) groups excluding carboxylic acids is 2. The van der Waals surface area contributed by atoms with Gasteiger partial charge >= 0.3 is 35.7 Å². The zero-order valence-corrected chi connectivity index (χ0v) is 18.8. The minimum absolute atomic E-state index is 0. The number of phosphoric acid groups is 1. The summed E-state index contributed by atoms with van der Waals surface area (Å²) in [6, 6.07) is 9.31. The molecule has 0 bridgehead atoms. The number of aromatic nitrogens is 2. The third kappa shape index (κ3) is 5.73. The Morgan fingerprint density at radius 2 is 1.87 bits per heavy atom. The van der Waals surface area contributed by atoms with Crippen molar-refractivity contribution in [2.75, 3.05) is 12.4 Å². The fraction of sp³-hybridized carbons (Fsp3) is 0.118. The molecule has 1 unspecified atom stereocenters. The van der Waals surface area contributed by atoms with Crippen LogP contribution in [0.2, 0.25) is 0 Å². The number of nitrogens with zero attached hydrogens (tertiary/aromatic N) is 2. The fourth-order valence-corrected chi connectivity index (χ4v) is 2.80. The molecule has 2 aromatic carbocycles. The van der Waals surface area contributed by atoms with Gasteiger partial charge < -0.3 is 14.5 Å². The van der Waals surface area contributed by atoms with Crippen LogP contribution >= 0.6 is 7.82 Å². The van der Waals surface area contributed by atoms with Crippen LogP contribution in [-0.2, 0) is 20.6 Å². The third-order valence-electron chi connectivity index (χ3n) is 3.87. The van der Waals surface area contributed by atoms with E-state index in [1.807, 2.05) is 0 Å². The number of amides is 1. The van der Waals surface area contributed by atoms with E-state index < -0.39 is 26.5 Å². The summed E-state index contributed by atoms with van der Waals surface area (Å²) in [5.41, 5.74) is 1.03. The molecule has 3 rings (SSSR count). The summed E-state index contributed by atoms with van der Waals surface area (Å²) in [6.07, 6.45) is -0.876. The molecule has 0 spiro atoms. The maximum Gasteiger partial charge on any atom is 1.00 e. The van der Waals surface area contributed by atoms with E-state index in [2.05, 4.69) is 19.6 Å². The van der Waals surface area contributed by atoms with Gasteiger partial charge in [-0.15, -0.1) is 0 Å². The first-order chi connectivity index (χ1) is 13.7. The van der Waals surface area contributed by atoms with Gasteiger partial charge in [0.25, 0.3) is 7.82 Å². The Hall–Kier alpha value is -2.11. The molecule has 0 fully saturated rings. The smallest absolute Gasteiger partial charge is 0.756 e. The number of hydrogen-bond acceptors (Lipinski definition) is 7. The predicted molar refractivity (Wildman–Crippen MR) is 96.5 cm³/mol. The van der Waals surface area contributed by atoms with Crippen LogP contribution in [-0.4, -0.2) is 33.4 Å². The number of fused-ring (bicyclic) bond motifs is 1. The molecular weight excluding hydrogens is 431 g/mol. The SMILES string of the molecule is COC(=O)Nc1nc2cc(C(=O)c3ccc(F)cc3)ccc2n1COP(=O)([O-])O.[Na+]. The fourth-order valence-electron chi connectivity index (χ4n) is 2.54. The second kappa shape index (κ2) is 9.80. The van der Waals surface area contributed by atoms with Crippen molar-refractivity contribution in [2.24, 2.45) is 0 Å². The van der Waals surface area contributed by atoms with Gasteiger partial charge in [0.1, 0.15) is 12.5 Å². The van der Waals surface area contributed by atoms with Gasteiger partial charge in [-0.3, -0.25) is 23.8 Å². The Bertz CT molecular complexity index is 1130. The van der Waals surface area contributed by atoms with Crippen molar-refractivity contribution in [3.8, 4) is 0 Å². The van der Waals surface area contributed by atoms with Crippen LogP contribution in [0.5, 0.6) is 0 Å². The summed E-state index contributed by atoms with van der Waals surface area (Å²) in [7, 11) is -3.92. The maximum atomic E-state index is 13.1. The molecule has 1 atom stereocenters. The van der Waals surface area contributed by atoms with Gasteiger partial charge in [0.2, 0.25) is 5.95 Å². The average Bonchev–Trinajstić information content (AvgIpc) is 3.01. The molecule has 3 aromatic rings. The van der Waals surface area contributed by atoms with E-state index in [4.69, 9.17) is 4.89 Å². The number of carbonyl (C=O) groups is 2. The van der Waals surface area contributed by atoms with Crippen molar-refractivity contribution in [3.63, 3.8) is 0 Å². The van der Waals surface area contributed by atoms with E-state index in [1.165, 1.54) is 30.3 Å². The summed E-state index contributed by atoms with van der Waals surface area (Å²) in [5.74, 6) is -1.000. The quantitative estimate of drug-likeness (QED) is 0.280. The number of phosphoric ester groups is 1. The van der Waals surface area contributed by atoms with Crippen LogP contribution in [0.25, 0.3) is 11.0 Å². The molecule has 1 amide bonds. The van der Waals surface area contributed by atoms with Crippen LogP contribution in [0.15, 0.2) is 42.5 Å². The average molecular weight is 445 g/mol. The van der Waals surface area contributed by atoms with Gasteiger partial charge in [0.15, 0.2) is 5.78 Å². The number of anilines is 1. The molecule has 30 heavy (non-hydrogen) atoms. The standard InChI is InChI=1S/C17H15FN3O7P.Na/c1-27-17(23)20-16-19-13-8-11(15(22)10-2-5-12(18)6-3-10)4-7-14(13)21(16)9-28-29(24,25)26;/h2-8H,9H2,1H3,(H,19,20,23)(H2,24,25,26);/q;+1/p-1. The number of ketones is 1. The van der Waals surface area contributed by atoms with Gasteiger partial charge in [-0.1, -0.05) is 0 Å². The molecule has 1 heterocycles. The van der Waals surface area contributed by atoms with Gasteiger partial charge in [-0.25, -0.2) is 14.2 Å². The molecule has 152 valence electrons. The molecule has 0 aliphatic rings. The topological polar surface area (TPSA) is 143 Å². The first-order valence-corrected chi connectivity index (χ1v) is 9.51. The summed E-state index contributed by atoms with van der Waals surface area (Å²) in [4.78, 5) is 48.0. The number of nitrogens with one attached hydrogen (secondary N) is 1. The molecule has 0 radical (unpaired) electrons. The zero-order chi connectivity index (χ0) is 21.2. The number of halogens is 1. The number of rotatable bonds is 6. The molecule has 13 heteroatoms. The largest absolute Gasteiger partial charge is 1.00 e. The molecule has 2 N–H and O–H groups in total. The van der Waals surface area contributed by atoms with Gasteiger partial charge in [0, 0.05) is 11.1 Å². The Kier molecular flexibility index (Phi) is 7.89. The van der Waals surface area contributed by atoms with Crippen molar-refractivity contribution in [2.45, 2.75) is 6.73 Å². The maximum absolute atomic E-state index is 13.1. The zero-order valence-electron chi connectivity index (χ0n) is 15.9. The number of methoxy groups -OCH3 is 1.